The summed E-state index contributed by atoms with van der Waals surface area (Å²) < 4.78 is 29.1. The molecule has 0 bridgehead atoms. The van der Waals surface area contributed by atoms with E-state index in [4.69, 9.17) is 19.3 Å². The Labute approximate surface area is 155 Å². The van der Waals surface area contributed by atoms with Crippen LogP contribution in [0.25, 0.3) is 0 Å². The maximum atomic E-state index is 13.6. The zero-order chi connectivity index (χ0) is 19.8. The maximum absolute atomic E-state index is 13.6. The van der Waals surface area contributed by atoms with Crippen LogP contribution >= 0.6 is 0 Å². The second-order valence-electron chi connectivity index (χ2n) is 5.58. The van der Waals surface area contributed by atoms with Gasteiger partial charge in [0.15, 0.2) is 18.2 Å². The highest BCUT2D eigenvalue weighted by atomic mass is 19.1. The van der Waals surface area contributed by atoms with Gasteiger partial charge in [-0.1, -0.05) is 12.1 Å². The first-order valence-corrected chi connectivity index (χ1v) is 8.01. The van der Waals surface area contributed by atoms with Gasteiger partial charge in [0.2, 0.25) is 0 Å². The normalized spacial score (nSPS) is 10.2. The summed E-state index contributed by atoms with van der Waals surface area (Å²) >= 11 is 0. The van der Waals surface area contributed by atoms with Crippen LogP contribution in [0.5, 0.6) is 17.2 Å². The van der Waals surface area contributed by atoms with Crippen LogP contribution in [0, 0.1) is 5.82 Å². The first-order valence-electron chi connectivity index (χ1n) is 8.01. The highest BCUT2D eigenvalue weighted by Gasteiger charge is 2.19. The van der Waals surface area contributed by atoms with Crippen LogP contribution in [0.1, 0.15) is 5.56 Å². The van der Waals surface area contributed by atoms with E-state index in [1.165, 1.54) is 32.4 Å². The van der Waals surface area contributed by atoms with Crippen molar-refractivity contribution < 1.29 is 33.3 Å². The zero-order valence-electron chi connectivity index (χ0n) is 15.0. The Kier molecular flexibility index (Phi) is 6.99. The van der Waals surface area contributed by atoms with Gasteiger partial charge in [0.05, 0.1) is 14.2 Å². The highest BCUT2D eigenvalue weighted by Crippen LogP contribution is 2.23. The summed E-state index contributed by atoms with van der Waals surface area (Å²) in [5.41, 5.74) is 0.617. The van der Waals surface area contributed by atoms with Gasteiger partial charge >= 0.3 is 5.97 Å². The molecule has 0 aliphatic carbocycles. The molecule has 0 spiro atoms. The largest absolute Gasteiger partial charge is 0.497 e. The van der Waals surface area contributed by atoms with Gasteiger partial charge in [0, 0.05) is 12.6 Å². The molecule has 0 heterocycles. The van der Waals surface area contributed by atoms with Crippen molar-refractivity contribution in [1.29, 1.82) is 0 Å². The number of methoxy groups -OCH3 is 2. The van der Waals surface area contributed by atoms with Crippen molar-refractivity contribution in [3.63, 3.8) is 0 Å². The van der Waals surface area contributed by atoms with Gasteiger partial charge < -0.3 is 24.2 Å². The summed E-state index contributed by atoms with van der Waals surface area (Å²) in [7, 11) is 2.97. The molecule has 0 atom stereocenters. The third-order valence-corrected chi connectivity index (χ3v) is 3.65. The second-order valence-corrected chi connectivity index (χ2v) is 5.58. The Bertz CT molecular complexity index is 788. The number of hydrogen-bond acceptors (Lipinski definition) is 5. The molecule has 2 aromatic rings. The molecule has 7 nitrogen and oxygen atoms in total. The number of carboxylic acid groups (broad SMARTS) is 1. The molecule has 2 rings (SSSR count). The minimum absolute atomic E-state index is 0.000669. The number of carboxylic acids is 1. The molecule has 0 unspecified atom stereocenters. The summed E-state index contributed by atoms with van der Waals surface area (Å²) in [5, 5.41) is 9.10. The maximum Gasteiger partial charge on any atom is 0.323 e. The molecule has 1 N–H and O–H groups in total. The lowest BCUT2D eigenvalue weighted by atomic mass is 10.2. The number of hydrogen-bond donors (Lipinski definition) is 1. The fourth-order valence-corrected chi connectivity index (χ4v) is 2.37. The monoisotopic (exact) mass is 377 g/mol. The fraction of sp³-hybridized carbons (Fsp3) is 0.263. The van der Waals surface area contributed by atoms with Gasteiger partial charge in [-0.3, -0.25) is 9.59 Å². The van der Waals surface area contributed by atoms with Gasteiger partial charge in [-0.15, -0.1) is 0 Å². The molecule has 0 radical (unpaired) electrons. The average molecular weight is 377 g/mol. The van der Waals surface area contributed by atoms with Crippen LogP contribution in [0.2, 0.25) is 0 Å². The Morgan fingerprint density at radius 2 is 1.70 bits per heavy atom. The van der Waals surface area contributed by atoms with E-state index < -0.39 is 30.8 Å². The van der Waals surface area contributed by atoms with Gasteiger partial charge in [0.25, 0.3) is 5.91 Å². The topological polar surface area (TPSA) is 85.3 Å². The molecule has 0 aromatic heterocycles. The molecule has 0 saturated heterocycles. The molecular weight excluding hydrogens is 357 g/mol. The Hall–Kier alpha value is -3.29. The first kappa shape index (κ1) is 20.0. The minimum atomic E-state index is -1.18. The highest BCUT2D eigenvalue weighted by molar-refractivity contribution is 5.82. The lowest BCUT2D eigenvalue weighted by Gasteiger charge is -2.21. The number of para-hydroxylation sites is 1. The Balaban J connectivity index is 2.13. The molecule has 0 aliphatic heterocycles. The molecular formula is C19H20FNO6. The van der Waals surface area contributed by atoms with Crippen LogP contribution in [0.4, 0.5) is 4.39 Å². The predicted octanol–water partition coefficient (Wildman–Crippen LogP) is 2.34. The number of carbonyl (C=O) groups is 2. The number of nitrogens with zero attached hydrogens (tertiary/aromatic N) is 1. The molecule has 1 amide bonds. The van der Waals surface area contributed by atoms with E-state index in [9.17, 15) is 14.0 Å². The van der Waals surface area contributed by atoms with Crippen molar-refractivity contribution in [2.45, 2.75) is 6.54 Å². The van der Waals surface area contributed by atoms with E-state index in [1.54, 1.807) is 24.3 Å². The summed E-state index contributed by atoms with van der Waals surface area (Å²) in [5.74, 6) is -1.44. The zero-order valence-corrected chi connectivity index (χ0v) is 15.0. The molecule has 2 aromatic carbocycles. The number of aliphatic carboxylic acids is 1. The Morgan fingerprint density at radius 3 is 2.26 bits per heavy atom. The first-order chi connectivity index (χ1) is 12.9. The van der Waals surface area contributed by atoms with Crippen molar-refractivity contribution in [3.05, 3.63) is 53.8 Å². The quantitative estimate of drug-likeness (QED) is 0.722. The molecule has 8 heteroatoms. The molecule has 144 valence electrons. The van der Waals surface area contributed by atoms with Crippen LogP contribution in [0.15, 0.2) is 42.5 Å². The number of ether oxygens (including phenoxy) is 3. The van der Waals surface area contributed by atoms with Crippen molar-refractivity contribution in [2.75, 3.05) is 27.4 Å². The van der Waals surface area contributed by atoms with E-state index in [0.29, 0.717) is 17.1 Å². The number of benzene rings is 2. The van der Waals surface area contributed by atoms with Crippen molar-refractivity contribution in [2.24, 2.45) is 0 Å². The molecule has 0 fully saturated rings. The van der Waals surface area contributed by atoms with Crippen LogP contribution < -0.4 is 14.2 Å². The molecule has 27 heavy (non-hydrogen) atoms. The van der Waals surface area contributed by atoms with Crippen molar-refractivity contribution >= 4 is 11.9 Å². The van der Waals surface area contributed by atoms with Crippen molar-refractivity contribution in [1.82, 2.24) is 4.90 Å². The third-order valence-electron chi connectivity index (χ3n) is 3.65. The van der Waals surface area contributed by atoms with Gasteiger partial charge in [-0.2, -0.15) is 0 Å². The number of halogens is 1. The predicted molar refractivity (Wildman–Crippen MR) is 94.5 cm³/mol. The fourth-order valence-electron chi connectivity index (χ4n) is 2.37. The van der Waals surface area contributed by atoms with Gasteiger partial charge in [0.1, 0.15) is 18.0 Å². The van der Waals surface area contributed by atoms with Crippen LogP contribution in [0.3, 0.4) is 0 Å². The smallest absolute Gasteiger partial charge is 0.323 e. The van der Waals surface area contributed by atoms with E-state index in [1.807, 2.05) is 0 Å². The van der Waals surface area contributed by atoms with Gasteiger partial charge in [-0.25, -0.2) is 4.39 Å². The lowest BCUT2D eigenvalue weighted by molar-refractivity contribution is -0.145. The average Bonchev–Trinajstić information content (AvgIpc) is 2.65. The summed E-state index contributed by atoms with van der Waals surface area (Å²) in [6.45, 7) is -1.02. The third kappa shape index (κ3) is 5.88. The van der Waals surface area contributed by atoms with Crippen molar-refractivity contribution in [3.8, 4) is 17.2 Å². The summed E-state index contributed by atoms with van der Waals surface area (Å²) in [4.78, 5) is 24.7. The number of rotatable bonds is 9. The number of amides is 1. The van der Waals surface area contributed by atoms with E-state index in [0.717, 1.165) is 4.90 Å². The lowest BCUT2D eigenvalue weighted by Crippen LogP contribution is -2.38. The second kappa shape index (κ2) is 9.42. The Morgan fingerprint density at radius 1 is 1.07 bits per heavy atom. The molecule has 0 saturated carbocycles. The summed E-state index contributed by atoms with van der Waals surface area (Å²) in [6.07, 6.45) is 0. The number of carbonyl (C=O) groups excluding carboxylic acids is 1. The van der Waals surface area contributed by atoms with E-state index in [2.05, 4.69) is 0 Å². The van der Waals surface area contributed by atoms with Crippen LogP contribution in [-0.4, -0.2) is 49.3 Å². The van der Waals surface area contributed by atoms with E-state index >= 15 is 0 Å². The minimum Gasteiger partial charge on any atom is -0.497 e. The standard InChI is InChI=1S/C19H20FNO6/c1-25-14-7-13(8-15(9-14)26-2)10-21(11-19(23)24)18(22)12-27-17-6-4-3-5-16(17)20/h3-9H,10-12H2,1-2H3,(H,23,24). The van der Waals surface area contributed by atoms with E-state index in [-0.39, 0.29) is 12.3 Å². The summed E-state index contributed by atoms with van der Waals surface area (Å²) in [6, 6.07) is 10.7. The SMILES string of the molecule is COc1cc(CN(CC(=O)O)C(=O)COc2ccccc2F)cc(OC)c1. The van der Waals surface area contributed by atoms with Gasteiger partial charge in [-0.05, 0) is 29.8 Å². The molecule has 0 aliphatic rings. The van der Waals surface area contributed by atoms with Crippen LogP contribution in [-0.2, 0) is 16.1 Å².